The molecule has 0 bridgehead atoms. The molecule has 1 heterocycles. The zero-order valence-electron chi connectivity index (χ0n) is 6.39. The van der Waals surface area contributed by atoms with Gasteiger partial charge in [-0.15, -0.1) is 0 Å². The van der Waals surface area contributed by atoms with Crippen molar-refractivity contribution in [1.29, 1.82) is 0 Å². The predicted molar refractivity (Wildman–Crippen MR) is 41.9 cm³/mol. The Bertz CT molecular complexity index is 279. The van der Waals surface area contributed by atoms with Crippen LogP contribution in [-0.4, -0.2) is 6.54 Å². The maximum absolute atomic E-state index is 12.9. The van der Waals surface area contributed by atoms with E-state index in [-0.39, 0.29) is 5.82 Å². The van der Waals surface area contributed by atoms with Crippen molar-refractivity contribution < 1.29 is 4.39 Å². The second-order valence-corrected chi connectivity index (χ2v) is 2.91. The van der Waals surface area contributed by atoms with Gasteiger partial charge in [0.2, 0.25) is 0 Å². The first-order chi connectivity index (χ1) is 5.29. The molecule has 0 spiro atoms. The first kappa shape index (κ1) is 6.80. The fourth-order valence-electron chi connectivity index (χ4n) is 1.28. The number of benzene rings is 1. The van der Waals surface area contributed by atoms with E-state index in [2.05, 4.69) is 5.32 Å². The van der Waals surface area contributed by atoms with Crippen molar-refractivity contribution in [3.63, 3.8) is 0 Å². The maximum Gasteiger partial charge on any atom is 0.126 e. The van der Waals surface area contributed by atoms with Gasteiger partial charge in [-0.1, -0.05) is 12.1 Å². The molecule has 1 atom stereocenters. The number of rotatable bonds is 1. The lowest BCUT2D eigenvalue weighted by Gasteiger charge is -2.02. The van der Waals surface area contributed by atoms with Crippen molar-refractivity contribution in [1.82, 2.24) is 5.32 Å². The first-order valence-corrected chi connectivity index (χ1v) is 3.77. The Balaban J connectivity index is 2.45. The summed E-state index contributed by atoms with van der Waals surface area (Å²) in [6, 6.07) is 5.65. The molecule has 11 heavy (non-hydrogen) atoms. The monoisotopic (exact) mass is 151 g/mol. The lowest BCUT2D eigenvalue weighted by molar-refractivity contribution is 0.615. The molecule has 0 radical (unpaired) electrons. The highest BCUT2D eigenvalue weighted by Crippen LogP contribution is 2.25. The molecule has 1 aromatic rings. The van der Waals surface area contributed by atoms with Crippen LogP contribution in [0.5, 0.6) is 0 Å². The third-order valence-electron chi connectivity index (χ3n) is 2.09. The molecule has 1 saturated heterocycles. The van der Waals surface area contributed by atoms with E-state index in [4.69, 9.17) is 0 Å². The Morgan fingerprint density at radius 1 is 1.55 bits per heavy atom. The summed E-state index contributed by atoms with van der Waals surface area (Å²) in [7, 11) is 0. The number of halogens is 1. The molecule has 0 amide bonds. The summed E-state index contributed by atoms with van der Waals surface area (Å²) in [4.78, 5) is 0. The third kappa shape index (κ3) is 1.14. The zero-order valence-corrected chi connectivity index (χ0v) is 6.39. The van der Waals surface area contributed by atoms with Gasteiger partial charge < -0.3 is 5.32 Å². The van der Waals surface area contributed by atoms with Crippen LogP contribution < -0.4 is 5.32 Å². The van der Waals surface area contributed by atoms with E-state index in [1.807, 2.05) is 13.0 Å². The van der Waals surface area contributed by atoms with Crippen molar-refractivity contribution in [3.05, 3.63) is 35.1 Å². The summed E-state index contributed by atoms with van der Waals surface area (Å²) in [6.45, 7) is 2.81. The molecule has 1 nitrogen and oxygen atoms in total. The molecular weight excluding hydrogens is 141 g/mol. The standard InChI is InChI=1S/C9H10FN/c1-6-7(9-5-11-9)3-2-4-8(6)10/h2-4,9,11H,5H2,1H3/t9-/m0/s1. The summed E-state index contributed by atoms with van der Waals surface area (Å²) in [6.07, 6.45) is 0. The molecule has 0 saturated carbocycles. The smallest absolute Gasteiger partial charge is 0.126 e. The average molecular weight is 151 g/mol. The molecule has 1 fully saturated rings. The van der Waals surface area contributed by atoms with E-state index >= 15 is 0 Å². The van der Waals surface area contributed by atoms with E-state index in [1.165, 1.54) is 6.07 Å². The largest absolute Gasteiger partial charge is 0.307 e. The SMILES string of the molecule is Cc1c(F)cccc1[C@@H]1CN1. The quantitative estimate of drug-likeness (QED) is 0.607. The lowest BCUT2D eigenvalue weighted by Crippen LogP contribution is -1.92. The fraction of sp³-hybridized carbons (Fsp3) is 0.333. The average Bonchev–Trinajstić information content (AvgIpc) is 2.77. The van der Waals surface area contributed by atoms with E-state index < -0.39 is 0 Å². The van der Waals surface area contributed by atoms with Crippen LogP contribution in [0.3, 0.4) is 0 Å². The van der Waals surface area contributed by atoms with Gasteiger partial charge in [-0.05, 0) is 24.1 Å². The van der Waals surface area contributed by atoms with Crippen LogP contribution in [0.15, 0.2) is 18.2 Å². The van der Waals surface area contributed by atoms with E-state index in [9.17, 15) is 4.39 Å². The Morgan fingerprint density at radius 3 is 2.91 bits per heavy atom. The molecule has 2 rings (SSSR count). The van der Waals surface area contributed by atoms with Crippen molar-refractivity contribution in [2.24, 2.45) is 0 Å². The van der Waals surface area contributed by atoms with Crippen molar-refractivity contribution in [2.45, 2.75) is 13.0 Å². The van der Waals surface area contributed by atoms with Crippen LogP contribution in [0, 0.1) is 12.7 Å². The predicted octanol–water partition coefficient (Wildman–Crippen LogP) is 1.78. The molecule has 58 valence electrons. The second kappa shape index (κ2) is 2.31. The van der Waals surface area contributed by atoms with Crippen molar-refractivity contribution >= 4 is 0 Å². The van der Waals surface area contributed by atoms with Gasteiger partial charge in [0.05, 0.1) is 0 Å². The highest BCUT2D eigenvalue weighted by molar-refractivity contribution is 5.32. The van der Waals surface area contributed by atoms with Gasteiger partial charge in [-0.25, -0.2) is 4.39 Å². The number of hydrogen-bond donors (Lipinski definition) is 1. The summed E-state index contributed by atoms with van der Waals surface area (Å²) < 4.78 is 12.9. The minimum Gasteiger partial charge on any atom is -0.307 e. The molecular formula is C9H10FN. The minimum atomic E-state index is -0.101. The topological polar surface area (TPSA) is 21.9 Å². The van der Waals surface area contributed by atoms with Gasteiger partial charge in [0, 0.05) is 12.6 Å². The van der Waals surface area contributed by atoms with Gasteiger partial charge in [0.25, 0.3) is 0 Å². The van der Waals surface area contributed by atoms with Crippen molar-refractivity contribution in [2.75, 3.05) is 6.54 Å². The van der Waals surface area contributed by atoms with Gasteiger partial charge >= 0.3 is 0 Å². The summed E-state index contributed by atoms with van der Waals surface area (Å²) in [5, 5.41) is 3.15. The molecule has 0 aromatic heterocycles. The molecule has 0 aliphatic carbocycles. The van der Waals surface area contributed by atoms with Crippen LogP contribution in [0.4, 0.5) is 4.39 Å². The van der Waals surface area contributed by atoms with Crippen LogP contribution in [0.2, 0.25) is 0 Å². The van der Waals surface area contributed by atoms with Gasteiger partial charge in [0.1, 0.15) is 5.82 Å². The molecule has 1 aliphatic rings. The minimum absolute atomic E-state index is 0.101. The van der Waals surface area contributed by atoms with Crippen LogP contribution >= 0.6 is 0 Å². The molecule has 1 aliphatic heterocycles. The summed E-state index contributed by atoms with van der Waals surface area (Å²) in [5.41, 5.74) is 1.88. The highest BCUT2D eigenvalue weighted by Gasteiger charge is 2.24. The van der Waals surface area contributed by atoms with Crippen LogP contribution in [0.25, 0.3) is 0 Å². The van der Waals surface area contributed by atoms with Crippen LogP contribution in [0.1, 0.15) is 17.2 Å². The van der Waals surface area contributed by atoms with E-state index in [0.717, 1.165) is 17.7 Å². The third-order valence-corrected chi connectivity index (χ3v) is 2.09. The Morgan fingerprint density at radius 2 is 2.27 bits per heavy atom. The highest BCUT2D eigenvalue weighted by atomic mass is 19.1. The Hall–Kier alpha value is -0.890. The van der Waals surface area contributed by atoms with Crippen molar-refractivity contribution in [3.8, 4) is 0 Å². The summed E-state index contributed by atoms with van der Waals surface area (Å²) >= 11 is 0. The Labute approximate surface area is 65.2 Å². The first-order valence-electron chi connectivity index (χ1n) is 3.77. The van der Waals surface area contributed by atoms with E-state index in [1.54, 1.807) is 6.07 Å². The Kier molecular flexibility index (Phi) is 1.43. The zero-order chi connectivity index (χ0) is 7.84. The molecule has 2 heteroatoms. The molecule has 0 unspecified atom stereocenters. The molecule has 1 N–H and O–H groups in total. The number of hydrogen-bond acceptors (Lipinski definition) is 1. The maximum atomic E-state index is 12.9. The summed E-state index contributed by atoms with van der Waals surface area (Å²) in [5.74, 6) is -0.101. The van der Waals surface area contributed by atoms with Gasteiger partial charge in [-0.2, -0.15) is 0 Å². The van der Waals surface area contributed by atoms with E-state index in [0.29, 0.717) is 6.04 Å². The number of nitrogens with one attached hydrogen (secondary N) is 1. The fourth-order valence-corrected chi connectivity index (χ4v) is 1.28. The normalized spacial score (nSPS) is 21.8. The van der Waals surface area contributed by atoms with Gasteiger partial charge in [-0.3, -0.25) is 0 Å². The van der Waals surface area contributed by atoms with Crippen LogP contribution in [-0.2, 0) is 0 Å². The second-order valence-electron chi connectivity index (χ2n) is 2.91. The van der Waals surface area contributed by atoms with Gasteiger partial charge in [0.15, 0.2) is 0 Å². The molecule has 1 aromatic carbocycles. The lowest BCUT2D eigenvalue weighted by atomic mass is 10.1.